The molecule has 1 saturated carbocycles. The first-order chi connectivity index (χ1) is 10.8. The molecule has 0 radical (unpaired) electrons. The van der Waals surface area contributed by atoms with Gasteiger partial charge in [0, 0.05) is 30.6 Å². The molecule has 1 aromatic rings. The van der Waals surface area contributed by atoms with Gasteiger partial charge in [-0.05, 0) is 18.6 Å². The molecular formula is C17H25FN2O3. The van der Waals surface area contributed by atoms with Crippen molar-refractivity contribution in [1.82, 2.24) is 5.32 Å². The Morgan fingerprint density at radius 1 is 1.52 bits per heavy atom. The van der Waals surface area contributed by atoms with Gasteiger partial charge in [-0.3, -0.25) is 4.79 Å². The highest BCUT2D eigenvalue weighted by Crippen LogP contribution is 2.49. The van der Waals surface area contributed by atoms with Gasteiger partial charge in [0.05, 0.1) is 12.7 Å². The number of carbonyl (C=O) groups excluding carboxylic acids is 1. The third-order valence-corrected chi connectivity index (χ3v) is 4.98. The summed E-state index contributed by atoms with van der Waals surface area (Å²) >= 11 is 0. The number of aliphatic hydroxyl groups is 1. The molecule has 1 aliphatic rings. The fraction of sp³-hybridized carbons (Fsp3) is 0.588. The predicted octanol–water partition coefficient (Wildman–Crippen LogP) is 1.47. The average molecular weight is 324 g/mol. The van der Waals surface area contributed by atoms with Crippen LogP contribution in [0.1, 0.15) is 38.3 Å². The van der Waals surface area contributed by atoms with Crippen molar-refractivity contribution >= 4 is 5.91 Å². The van der Waals surface area contributed by atoms with Crippen LogP contribution < -0.4 is 11.1 Å². The van der Waals surface area contributed by atoms with Crippen LogP contribution in [-0.2, 0) is 22.7 Å². The van der Waals surface area contributed by atoms with Crippen molar-refractivity contribution in [3.05, 3.63) is 35.1 Å². The number of ether oxygens (including phenoxy) is 1. The Kier molecular flexibility index (Phi) is 5.08. The number of aliphatic hydroxyl groups excluding tert-OH is 1. The molecule has 0 spiro atoms. The lowest BCUT2D eigenvalue weighted by atomic mass is 9.54. The van der Waals surface area contributed by atoms with Gasteiger partial charge in [-0.1, -0.05) is 26.0 Å². The zero-order valence-electron chi connectivity index (χ0n) is 13.9. The molecule has 0 saturated heterocycles. The Morgan fingerprint density at radius 3 is 2.74 bits per heavy atom. The first-order valence-corrected chi connectivity index (χ1v) is 7.83. The monoisotopic (exact) mass is 324 g/mol. The molecule has 0 bridgehead atoms. The summed E-state index contributed by atoms with van der Waals surface area (Å²) in [5.41, 5.74) is 5.69. The van der Waals surface area contributed by atoms with Crippen molar-refractivity contribution in [2.45, 2.75) is 52.0 Å². The van der Waals surface area contributed by atoms with E-state index in [4.69, 9.17) is 15.6 Å². The molecule has 1 amide bonds. The van der Waals surface area contributed by atoms with E-state index in [2.05, 4.69) is 5.32 Å². The summed E-state index contributed by atoms with van der Waals surface area (Å²) in [5.74, 6) is -0.743. The standard InChI is InChI=1S/C17H25FN2O3/c1-4-23-14-8-17(19,16(14,2)3)15(22)20-9-11-5-6-12(10-21)13(18)7-11/h5-7,14,21H,4,8-10,19H2,1-3H3,(H,20,22). The number of benzene rings is 1. The van der Waals surface area contributed by atoms with Gasteiger partial charge in [-0.15, -0.1) is 0 Å². The largest absolute Gasteiger partial charge is 0.392 e. The highest BCUT2D eigenvalue weighted by molar-refractivity contribution is 5.88. The lowest BCUT2D eigenvalue weighted by molar-refractivity contribution is -0.170. The van der Waals surface area contributed by atoms with Crippen LogP contribution in [-0.4, -0.2) is 29.3 Å². The van der Waals surface area contributed by atoms with Gasteiger partial charge in [0.2, 0.25) is 5.91 Å². The number of hydrogen-bond acceptors (Lipinski definition) is 4. The van der Waals surface area contributed by atoms with Crippen LogP contribution >= 0.6 is 0 Å². The quantitative estimate of drug-likeness (QED) is 0.740. The van der Waals surface area contributed by atoms with Crippen LogP contribution in [0.25, 0.3) is 0 Å². The minimum absolute atomic E-state index is 0.0375. The third-order valence-electron chi connectivity index (χ3n) is 4.98. The maximum atomic E-state index is 13.6. The lowest BCUT2D eigenvalue weighted by Gasteiger charge is -2.57. The Labute approximate surface area is 136 Å². The fourth-order valence-electron chi connectivity index (χ4n) is 2.99. The van der Waals surface area contributed by atoms with Gasteiger partial charge in [0.25, 0.3) is 0 Å². The number of carbonyl (C=O) groups is 1. The van der Waals surface area contributed by atoms with Gasteiger partial charge in [0.15, 0.2) is 0 Å². The van der Waals surface area contributed by atoms with E-state index in [1.54, 1.807) is 6.07 Å². The second kappa shape index (κ2) is 6.55. The summed E-state index contributed by atoms with van der Waals surface area (Å²) in [5, 5.41) is 11.7. The first kappa shape index (κ1) is 17.8. The number of amides is 1. The van der Waals surface area contributed by atoms with Gasteiger partial charge in [-0.25, -0.2) is 4.39 Å². The number of nitrogens with two attached hydrogens (primary N) is 1. The van der Waals surface area contributed by atoms with Crippen molar-refractivity contribution in [2.75, 3.05) is 6.61 Å². The first-order valence-electron chi connectivity index (χ1n) is 7.83. The minimum Gasteiger partial charge on any atom is -0.392 e. The normalized spacial score (nSPS) is 25.7. The van der Waals surface area contributed by atoms with Gasteiger partial charge < -0.3 is 20.9 Å². The molecule has 6 heteroatoms. The van der Waals surface area contributed by atoms with Gasteiger partial charge in [0.1, 0.15) is 11.4 Å². The van der Waals surface area contributed by atoms with E-state index in [-0.39, 0.29) is 30.7 Å². The number of halogens is 1. The van der Waals surface area contributed by atoms with Crippen LogP contribution in [0.4, 0.5) is 4.39 Å². The van der Waals surface area contributed by atoms with Crippen molar-refractivity contribution in [1.29, 1.82) is 0 Å². The second-order valence-corrected chi connectivity index (χ2v) is 6.61. The number of nitrogens with one attached hydrogen (secondary N) is 1. The summed E-state index contributed by atoms with van der Waals surface area (Å²) in [7, 11) is 0. The molecule has 1 aliphatic carbocycles. The van der Waals surface area contributed by atoms with Crippen LogP contribution in [0.3, 0.4) is 0 Å². The van der Waals surface area contributed by atoms with Crippen molar-refractivity contribution in [3.63, 3.8) is 0 Å². The molecule has 128 valence electrons. The highest BCUT2D eigenvalue weighted by Gasteiger charge is 2.62. The molecule has 1 fully saturated rings. The number of rotatable bonds is 6. The van der Waals surface area contributed by atoms with Crippen LogP contribution in [0.15, 0.2) is 18.2 Å². The van der Waals surface area contributed by atoms with Gasteiger partial charge in [-0.2, -0.15) is 0 Å². The molecule has 0 heterocycles. The molecule has 23 heavy (non-hydrogen) atoms. The van der Waals surface area contributed by atoms with E-state index in [0.717, 1.165) is 0 Å². The third kappa shape index (κ3) is 3.11. The molecule has 1 aromatic carbocycles. The van der Waals surface area contributed by atoms with Crippen molar-refractivity contribution in [2.24, 2.45) is 11.1 Å². The van der Waals surface area contributed by atoms with E-state index in [9.17, 15) is 9.18 Å². The second-order valence-electron chi connectivity index (χ2n) is 6.61. The maximum Gasteiger partial charge on any atom is 0.241 e. The Bertz CT molecular complexity index is 591. The van der Waals surface area contributed by atoms with Crippen LogP contribution in [0.5, 0.6) is 0 Å². The van der Waals surface area contributed by atoms with Crippen molar-refractivity contribution in [3.8, 4) is 0 Å². The molecule has 4 N–H and O–H groups in total. The molecular weight excluding hydrogens is 299 g/mol. The van der Waals surface area contributed by atoms with Crippen molar-refractivity contribution < 1.29 is 19.0 Å². The van der Waals surface area contributed by atoms with E-state index < -0.39 is 16.8 Å². The summed E-state index contributed by atoms with van der Waals surface area (Å²) in [6, 6.07) is 4.49. The summed E-state index contributed by atoms with van der Waals surface area (Å²) < 4.78 is 19.2. The topological polar surface area (TPSA) is 84.6 Å². The summed E-state index contributed by atoms with van der Waals surface area (Å²) in [6.45, 7) is 6.19. The SMILES string of the molecule is CCOC1CC(N)(C(=O)NCc2ccc(CO)c(F)c2)C1(C)C. The average Bonchev–Trinajstić information content (AvgIpc) is 2.52. The minimum atomic E-state index is -0.990. The number of hydrogen-bond donors (Lipinski definition) is 3. The van der Waals surface area contributed by atoms with Crippen LogP contribution in [0.2, 0.25) is 0 Å². The molecule has 0 aliphatic heterocycles. The molecule has 0 aromatic heterocycles. The Balaban J connectivity index is 1.99. The molecule has 2 rings (SSSR count). The maximum absolute atomic E-state index is 13.6. The highest BCUT2D eigenvalue weighted by atomic mass is 19.1. The molecule has 5 nitrogen and oxygen atoms in total. The zero-order chi connectivity index (χ0) is 17.3. The molecule has 2 unspecified atom stereocenters. The smallest absolute Gasteiger partial charge is 0.241 e. The molecule has 2 atom stereocenters. The van der Waals surface area contributed by atoms with E-state index in [0.29, 0.717) is 18.6 Å². The van der Waals surface area contributed by atoms with E-state index >= 15 is 0 Å². The summed E-state index contributed by atoms with van der Waals surface area (Å²) in [6.07, 6.45) is 0.432. The zero-order valence-corrected chi connectivity index (χ0v) is 13.9. The van der Waals surface area contributed by atoms with E-state index in [1.165, 1.54) is 12.1 Å². The van der Waals surface area contributed by atoms with Gasteiger partial charge >= 0.3 is 0 Å². The summed E-state index contributed by atoms with van der Waals surface area (Å²) in [4.78, 5) is 12.5. The van der Waals surface area contributed by atoms with E-state index in [1.807, 2.05) is 20.8 Å². The fourth-order valence-corrected chi connectivity index (χ4v) is 2.99. The van der Waals surface area contributed by atoms with Crippen LogP contribution in [0, 0.1) is 11.2 Å². The lowest BCUT2D eigenvalue weighted by Crippen LogP contribution is -2.75. The Hall–Kier alpha value is -1.50. The Morgan fingerprint density at radius 2 is 2.22 bits per heavy atom. The predicted molar refractivity (Wildman–Crippen MR) is 84.9 cm³/mol.